The lowest BCUT2D eigenvalue weighted by Crippen LogP contribution is -2.23. The topological polar surface area (TPSA) is 69.6 Å². The Hall–Kier alpha value is -3.42. The molecule has 5 rings (SSSR count). The highest BCUT2D eigenvalue weighted by Crippen LogP contribution is 2.24. The average molecular weight is 436 g/mol. The number of methoxy groups -OCH3 is 1. The van der Waals surface area contributed by atoms with Crippen molar-refractivity contribution in [3.8, 4) is 28.5 Å². The summed E-state index contributed by atoms with van der Waals surface area (Å²) in [4.78, 5) is 17.8. The van der Waals surface area contributed by atoms with Gasteiger partial charge in [-0.3, -0.25) is 4.79 Å². The third-order valence-corrected chi connectivity index (χ3v) is 5.77. The van der Waals surface area contributed by atoms with Gasteiger partial charge in [0.1, 0.15) is 21.8 Å². The maximum Gasteiger partial charge on any atom is 0.291 e. The molecule has 0 amide bonds. The van der Waals surface area contributed by atoms with Crippen molar-refractivity contribution >= 4 is 34.0 Å². The van der Waals surface area contributed by atoms with Crippen LogP contribution < -0.4 is 14.8 Å². The average Bonchev–Trinajstić information content (AvgIpc) is 3.47. The molecular formula is C22H14ClN3O3S. The Kier molecular flexibility index (Phi) is 4.61. The van der Waals surface area contributed by atoms with Gasteiger partial charge in [0.2, 0.25) is 4.96 Å². The highest BCUT2D eigenvalue weighted by molar-refractivity contribution is 7.15. The first-order valence-corrected chi connectivity index (χ1v) is 10.2. The van der Waals surface area contributed by atoms with Crippen molar-refractivity contribution in [2.45, 2.75) is 0 Å². The quantitative estimate of drug-likeness (QED) is 0.421. The number of nitrogens with zero attached hydrogens (tertiary/aromatic N) is 3. The van der Waals surface area contributed by atoms with Crippen molar-refractivity contribution in [3.05, 3.63) is 86.3 Å². The molecule has 6 nitrogen and oxygen atoms in total. The summed E-state index contributed by atoms with van der Waals surface area (Å²) in [5.41, 5.74) is 1.50. The summed E-state index contributed by atoms with van der Waals surface area (Å²) in [5, 5.41) is 5.02. The molecule has 0 unspecified atom stereocenters. The van der Waals surface area contributed by atoms with Crippen LogP contribution in [-0.4, -0.2) is 21.7 Å². The molecule has 0 bridgehead atoms. The van der Waals surface area contributed by atoms with Gasteiger partial charge in [-0.25, -0.2) is 0 Å². The number of halogens is 1. The second kappa shape index (κ2) is 7.44. The van der Waals surface area contributed by atoms with E-state index < -0.39 is 0 Å². The van der Waals surface area contributed by atoms with Crippen LogP contribution in [0.15, 0.2) is 69.9 Å². The minimum absolute atomic E-state index is 0.230. The van der Waals surface area contributed by atoms with Gasteiger partial charge in [-0.1, -0.05) is 22.9 Å². The van der Waals surface area contributed by atoms with Crippen molar-refractivity contribution in [1.82, 2.24) is 14.6 Å². The Labute approximate surface area is 179 Å². The highest BCUT2D eigenvalue weighted by Gasteiger charge is 2.13. The molecule has 148 valence electrons. The fourth-order valence-corrected chi connectivity index (χ4v) is 4.04. The number of ether oxygens (including phenoxy) is 1. The molecule has 0 radical (unpaired) electrons. The van der Waals surface area contributed by atoms with Crippen molar-refractivity contribution < 1.29 is 9.15 Å². The molecule has 2 aromatic carbocycles. The van der Waals surface area contributed by atoms with Gasteiger partial charge in [0.25, 0.3) is 5.56 Å². The van der Waals surface area contributed by atoms with E-state index in [2.05, 4.69) is 10.1 Å². The maximum atomic E-state index is 12.8. The largest absolute Gasteiger partial charge is 0.497 e. The van der Waals surface area contributed by atoms with Crippen LogP contribution >= 0.6 is 22.9 Å². The van der Waals surface area contributed by atoms with Gasteiger partial charge in [-0.05, 0) is 60.7 Å². The smallest absolute Gasteiger partial charge is 0.291 e. The normalized spacial score (nSPS) is 12.0. The van der Waals surface area contributed by atoms with Crippen molar-refractivity contribution in [1.29, 1.82) is 0 Å². The summed E-state index contributed by atoms with van der Waals surface area (Å²) >= 11 is 7.20. The van der Waals surface area contributed by atoms with Crippen LogP contribution in [-0.2, 0) is 0 Å². The summed E-state index contributed by atoms with van der Waals surface area (Å²) in [6.45, 7) is 0. The van der Waals surface area contributed by atoms with Gasteiger partial charge in [0, 0.05) is 22.2 Å². The Bertz CT molecular complexity index is 1450. The first-order chi connectivity index (χ1) is 14.6. The summed E-state index contributed by atoms with van der Waals surface area (Å²) < 4.78 is 12.8. The molecule has 0 fully saturated rings. The lowest BCUT2D eigenvalue weighted by atomic mass is 10.2. The highest BCUT2D eigenvalue weighted by atomic mass is 35.5. The van der Waals surface area contributed by atoms with E-state index in [0.29, 0.717) is 31.9 Å². The molecule has 3 aromatic heterocycles. The molecule has 0 aliphatic heterocycles. The van der Waals surface area contributed by atoms with E-state index in [1.54, 1.807) is 25.3 Å². The molecule has 5 aromatic rings. The lowest BCUT2D eigenvalue weighted by molar-refractivity contribution is 0.415. The first-order valence-electron chi connectivity index (χ1n) is 9.02. The van der Waals surface area contributed by atoms with Crippen LogP contribution in [0, 0.1) is 0 Å². The van der Waals surface area contributed by atoms with E-state index in [4.69, 9.17) is 20.8 Å². The number of furan rings is 1. The number of aromatic nitrogens is 3. The third-order valence-electron chi connectivity index (χ3n) is 4.56. The fourth-order valence-electron chi connectivity index (χ4n) is 3.03. The molecule has 0 N–H and O–H groups in total. The molecular weight excluding hydrogens is 422 g/mol. The second-order valence-corrected chi connectivity index (χ2v) is 7.93. The van der Waals surface area contributed by atoms with Crippen LogP contribution in [0.3, 0.4) is 0 Å². The van der Waals surface area contributed by atoms with Crippen LogP contribution in [0.2, 0.25) is 5.02 Å². The van der Waals surface area contributed by atoms with Gasteiger partial charge in [0.05, 0.1) is 7.11 Å². The number of benzene rings is 2. The van der Waals surface area contributed by atoms with Gasteiger partial charge in [0.15, 0.2) is 5.82 Å². The Morgan fingerprint density at radius 3 is 2.47 bits per heavy atom. The van der Waals surface area contributed by atoms with Crippen molar-refractivity contribution in [2.75, 3.05) is 7.11 Å². The van der Waals surface area contributed by atoms with E-state index in [1.807, 2.05) is 48.5 Å². The van der Waals surface area contributed by atoms with E-state index >= 15 is 0 Å². The molecule has 0 aliphatic carbocycles. The monoisotopic (exact) mass is 435 g/mol. The van der Waals surface area contributed by atoms with Crippen LogP contribution in [0.5, 0.6) is 5.75 Å². The van der Waals surface area contributed by atoms with E-state index in [1.165, 1.54) is 15.9 Å². The number of fused-ring (bicyclic) bond motifs is 1. The van der Waals surface area contributed by atoms with Crippen molar-refractivity contribution in [3.63, 3.8) is 0 Å². The maximum absolute atomic E-state index is 12.8. The molecule has 3 heterocycles. The van der Waals surface area contributed by atoms with Crippen LogP contribution in [0.4, 0.5) is 0 Å². The number of rotatable bonds is 4. The third kappa shape index (κ3) is 3.38. The molecule has 0 aliphatic rings. The zero-order chi connectivity index (χ0) is 20.7. The summed E-state index contributed by atoms with van der Waals surface area (Å²) in [5.74, 6) is 2.52. The molecule has 0 saturated heterocycles. The van der Waals surface area contributed by atoms with Crippen molar-refractivity contribution in [2.24, 2.45) is 0 Å². The minimum atomic E-state index is -0.230. The summed E-state index contributed by atoms with van der Waals surface area (Å²) in [6.07, 6.45) is 1.70. The van der Waals surface area contributed by atoms with E-state index in [-0.39, 0.29) is 5.56 Å². The van der Waals surface area contributed by atoms with E-state index in [9.17, 15) is 4.79 Å². The van der Waals surface area contributed by atoms with Gasteiger partial charge in [-0.15, -0.1) is 5.10 Å². The SMILES string of the molecule is COc1ccc(-c2nc3sc(=Cc4ccc(-c5ccc(Cl)cc5)o4)c(=O)n3n2)cc1. The van der Waals surface area contributed by atoms with E-state index in [0.717, 1.165) is 16.9 Å². The van der Waals surface area contributed by atoms with Gasteiger partial charge in [-0.2, -0.15) is 9.50 Å². The zero-order valence-corrected chi connectivity index (χ0v) is 17.3. The number of hydrogen-bond donors (Lipinski definition) is 0. The fraction of sp³-hybridized carbons (Fsp3) is 0.0455. The second-order valence-electron chi connectivity index (χ2n) is 6.48. The zero-order valence-electron chi connectivity index (χ0n) is 15.7. The number of hydrogen-bond acceptors (Lipinski definition) is 6. The Morgan fingerprint density at radius 2 is 1.77 bits per heavy atom. The van der Waals surface area contributed by atoms with Crippen LogP contribution in [0.25, 0.3) is 33.7 Å². The first kappa shape index (κ1) is 18.6. The molecule has 30 heavy (non-hydrogen) atoms. The molecule has 0 atom stereocenters. The molecule has 0 spiro atoms. The summed E-state index contributed by atoms with van der Waals surface area (Å²) in [6, 6.07) is 18.4. The molecule has 0 saturated carbocycles. The standard InChI is InChI=1S/C22H14ClN3O3S/c1-28-16-8-4-14(5-9-16)20-24-22-26(25-20)21(27)19(30-22)12-17-10-11-18(29-17)13-2-6-15(23)7-3-13/h2-12H,1H3. The Balaban J connectivity index is 1.48. The molecule has 8 heteroatoms. The van der Waals surface area contributed by atoms with Gasteiger partial charge >= 0.3 is 0 Å². The minimum Gasteiger partial charge on any atom is -0.497 e. The van der Waals surface area contributed by atoms with Crippen LogP contribution in [0.1, 0.15) is 5.76 Å². The lowest BCUT2D eigenvalue weighted by Gasteiger charge is -1.99. The van der Waals surface area contributed by atoms with Gasteiger partial charge < -0.3 is 9.15 Å². The summed E-state index contributed by atoms with van der Waals surface area (Å²) in [7, 11) is 1.61. The predicted molar refractivity (Wildman–Crippen MR) is 117 cm³/mol. The number of thiazole rings is 1. The Morgan fingerprint density at radius 1 is 1.03 bits per heavy atom. The predicted octanol–water partition coefficient (Wildman–Crippen LogP) is 4.29.